The van der Waals surface area contributed by atoms with Crippen molar-refractivity contribution in [2.24, 2.45) is 5.92 Å². The lowest BCUT2D eigenvalue weighted by Gasteiger charge is -2.32. The van der Waals surface area contributed by atoms with Crippen LogP contribution in [0.2, 0.25) is 0 Å². The first-order chi connectivity index (χ1) is 9.94. The maximum atomic E-state index is 12.1. The van der Waals surface area contributed by atoms with Crippen molar-refractivity contribution in [1.29, 1.82) is 0 Å². The van der Waals surface area contributed by atoms with Gasteiger partial charge in [-0.3, -0.25) is 4.79 Å². The Morgan fingerprint density at radius 3 is 2.86 bits per heavy atom. The van der Waals surface area contributed by atoms with Crippen LogP contribution in [-0.4, -0.2) is 31.7 Å². The molecule has 3 rings (SSSR count). The van der Waals surface area contributed by atoms with E-state index in [1.807, 2.05) is 5.32 Å². The summed E-state index contributed by atoms with van der Waals surface area (Å²) in [5.74, 6) is 0.0794. The first-order valence-electron chi connectivity index (χ1n) is 7.18. The molecule has 1 saturated carbocycles. The molecule has 2 heterocycles. The Kier molecular flexibility index (Phi) is 3.96. The number of carbonyl (C=O) groups excluding carboxylic acids is 1. The minimum atomic E-state index is -4.34. The predicted molar refractivity (Wildman–Crippen MR) is 73.2 cm³/mol. The maximum absolute atomic E-state index is 12.1. The zero-order chi connectivity index (χ0) is 15.0. The molecule has 1 amide bonds. The van der Waals surface area contributed by atoms with Crippen LogP contribution in [0.3, 0.4) is 0 Å². The minimum Gasteiger partial charge on any atom is -0.342 e. The largest absolute Gasteiger partial charge is 0.405 e. The van der Waals surface area contributed by atoms with Crippen molar-refractivity contribution in [2.75, 3.05) is 19.6 Å². The second kappa shape index (κ2) is 5.61. The number of alkyl halides is 3. The van der Waals surface area contributed by atoms with Gasteiger partial charge in [-0.05, 0) is 24.3 Å². The number of hydrogen-bond acceptors (Lipinski definition) is 2. The molecule has 1 aliphatic carbocycles. The zero-order valence-electron chi connectivity index (χ0n) is 11.5. The summed E-state index contributed by atoms with van der Waals surface area (Å²) in [7, 11) is 0. The number of halogens is 3. The molecular formula is C14H18F3N2OS+. The van der Waals surface area contributed by atoms with Crippen molar-refractivity contribution in [3.63, 3.8) is 0 Å². The van der Waals surface area contributed by atoms with Crippen molar-refractivity contribution < 1.29 is 22.9 Å². The van der Waals surface area contributed by atoms with Gasteiger partial charge in [-0.1, -0.05) is 0 Å². The Morgan fingerprint density at radius 2 is 2.19 bits per heavy atom. The van der Waals surface area contributed by atoms with Crippen LogP contribution in [-0.2, 0) is 11.2 Å². The summed E-state index contributed by atoms with van der Waals surface area (Å²) in [6.45, 7) is -0.280. The first-order valence-corrected chi connectivity index (χ1v) is 8.06. The van der Waals surface area contributed by atoms with Gasteiger partial charge in [0.15, 0.2) is 6.54 Å². The highest BCUT2D eigenvalue weighted by atomic mass is 32.1. The molecule has 0 bridgehead atoms. The van der Waals surface area contributed by atoms with Crippen molar-refractivity contribution in [2.45, 2.75) is 31.5 Å². The molecule has 0 aromatic carbocycles. The quantitative estimate of drug-likeness (QED) is 0.862. The third kappa shape index (κ3) is 3.58. The van der Waals surface area contributed by atoms with Gasteiger partial charge in [0, 0.05) is 22.8 Å². The fraction of sp³-hybridized carbons (Fsp3) is 0.643. The van der Waals surface area contributed by atoms with Gasteiger partial charge in [-0.2, -0.15) is 13.2 Å². The van der Waals surface area contributed by atoms with E-state index >= 15 is 0 Å². The third-order valence-electron chi connectivity index (χ3n) is 4.19. The summed E-state index contributed by atoms with van der Waals surface area (Å²) in [6.07, 6.45) is -1.11. The van der Waals surface area contributed by atoms with Crippen LogP contribution in [0.1, 0.15) is 29.3 Å². The fourth-order valence-corrected chi connectivity index (χ4v) is 4.09. The normalized spacial score (nSPS) is 25.5. The molecule has 1 aromatic rings. The van der Waals surface area contributed by atoms with Crippen LogP contribution in [0.25, 0.3) is 0 Å². The van der Waals surface area contributed by atoms with E-state index in [1.54, 1.807) is 11.3 Å². The van der Waals surface area contributed by atoms with Crippen molar-refractivity contribution in [3.05, 3.63) is 21.9 Å². The second-order valence-electron chi connectivity index (χ2n) is 5.84. The van der Waals surface area contributed by atoms with Crippen LogP contribution >= 0.6 is 11.3 Å². The number of nitrogens with one attached hydrogen (secondary N) is 2. The van der Waals surface area contributed by atoms with E-state index in [9.17, 15) is 18.0 Å². The summed E-state index contributed by atoms with van der Waals surface area (Å²) >= 11 is 1.75. The lowest BCUT2D eigenvalue weighted by molar-refractivity contribution is -0.928. The van der Waals surface area contributed by atoms with E-state index in [4.69, 9.17) is 0 Å². The number of rotatable bonds is 4. The topological polar surface area (TPSA) is 33.5 Å². The Hall–Kier alpha value is -1.08. The van der Waals surface area contributed by atoms with Gasteiger partial charge in [-0.25, -0.2) is 0 Å². The Balaban J connectivity index is 1.64. The molecule has 0 spiro atoms. The van der Waals surface area contributed by atoms with Gasteiger partial charge >= 0.3 is 6.18 Å². The van der Waals surface area contributed by atoms with Gasteiger partial charge in [-0.15, -0.1) is 11.3 Å². The predicted octanol–water partition coefficient (Wildman–Crippen LogP) is 1.32. The zero-order valence-corrected chi connectivity index (χ0v) is 12.3. The highest BCUT2D eigenvalue weighted by Crippen LogP contribution is 2.42. The summed E-state index contributed by atoms with van der Waals surface area (Å²) in [5.41, 5.74) is 1.31. The number of fused-ring (bicyclic) bond motifs is 1. The van der Waals surface area contributed by atoms with Crippen molar-refractivity contribution in [1.82, 2.24) is 5.32 Å². The summed E-state index contributed by atoms with van der Waals surface area (Å²) in [6, 6.07) is 2.41. The van der Waals surface area contributed by atoms with E-state index in [0.717, 1.165) is 30.7 Å². The molecule has 1 fully saturated rings. The Labute approximate surface area is 125 Å². The maximum Gasteiger partial charge on any atom is 0.405 e. The molecule has 2 N–H and O–H groups in total. The molecule has 0 radical (unpaired) electrons. The van der Waals surface area contributed by atoms with Crippen molar-refractivity contribution in [3.8, 4) is 0 Å². The number of quaternary nitrogens is 1. The lowest BCUT2D eigenvalue weighted by atomic mass is 9.96. The monoisotopic (exact) mass is 319 g/mol. The van der Waals surface area contributed by atoms with Gasteiger partial charge < -0.3 is 10.2 Å². The Morgan fingerprint density at radius 1 is 1.43 bits per heavy atom. The highest BCUT2D eigenvalue weighted by Gasteiger charge is 2.43. The lowest BCUT2D eigenvalue weighted by Crippen LogP contribution is -3.14. The van der Waals surface area contributed by atoms with Crippen molar-refractivity contribution >= 4 is 17.2 Å². The molecule has 1 aromatic heterocycles. The summed E-state index contributed by atoms with van der Waals surface area (Å²) < 4.78 is 36.4. The molecule has 3 nitrogen and oxygen atoms in total. The molecule has 21 heavy (non-hydrogen) atoms. The number of carbonyl (C=O) groups is 1. The highest BCUT2D eigenvalue weighted by molar-refractivity contribution is 7.10. The summed E-state index contributed by atoms with van der Waals surface area (Å²) in [5, 5.41) is 4.06. The molecule has 2 aliphatic rings. The van der Waals surface area contributed by atoms with Gasteiger partial charge in [0.1, 0.15) is 12.6 Å². The fourth-order valence-electron chi connectivity index (χ4n) is 3.16. The number of hydrogen-bond donors (Lipinski definition) is 2. The SMILES string of the molecule is O=C(C[NH+]1CCc2sccc2[C@H]1C1CC1)NCC(F)(F)F. The summed E-state index contributed by atoms with van der Waals surface area (Å²) in [4.78, 5) is 14.3. The van der Waals surface area contributed by atoms with Crippen LogP contribution in [0.5, 0.6) is 0 Å². The van der Waals surface area contributed by atoms with E-state index in [0.29, 0.717) is 5.92 Å². The smallest absolute Gasteiger partial charge is 0.342 e. The molecule has 2 atom stereocenters. The molecule has 0 saturated heterocycles. The van der Waals surface area contributed by atoms with Gasteiger partial charge in [0.2, 0.25) is 0 Å². The molecule has 116 valence electrons. The van der Waals surface area contributed by atoms with Crippen LogP contribution in [0, 0.1) is 5.92 Å². The molecule has 1 unspecified atom stereocenters. The Bertz CT molecular complexity index is 525. The van der Waals surface area contributed by atoms with Gasteiger partial charge in [0.25, 0.3) is 5.91 Å². The first kappa shape index (κ1) is 14.8. The standard InChI is InChI=1S/C14H17F3N2OS/c15-14(16,17)8-18-12(20)7-19-5-3-11-10(4-6-21-11)13(19)9-1-2-9/h4,6,9,13H,1-3,5,7-8H2,(H,18,20)/p+1/t13-/m1/s1. The van der Waals surface area contributed by atoms with E-state index in [-0.39, 0.29) is 12.6 Å². The minimum absolute atomic E-state index is 0.131. The number of amides is 1. The number of thiophene rings is 1. The van der Waals surface area contributed by atoms with Crippen LogP contribution in [0.4, 0.5) is 13.2 Å². The van der Waals surface area contributed by atoms with Crippen LogP contribution < -0.4 is 10.2 Å². The second-order valence-corrected chi connectivity index (χ2v) is 6.84. The van der Waals surface area contributed by atoms with Crippen LogP contribution in [0.15, 0.2) is 11.4 Å². The van der Waals surface area contributed by atoms with E-state index in [1.165, 1.54) is 10.4 Å². The van der Waals surface area contributed by atoms with E-state index in [2.05, 4.69) is 11.4 Å². The molecular weight excluding hydrogens is 301 g/mol. The van der Waals surface area contributed by atoms with Gasteiger partial charge in [0.05, 0.1) is 6.54 Å². The average Bonchev–Trinajstić information content (AvgIpc) is 3.12. The third-order valence-corrected chi connectivity index (χ3v) is 5.19. The average molecular weight is 319 g/mol. The van der Waals surface area contributed by atoms with E-state index < -0.39 is 18.6 Å². The molecule has 1 aliphatic heterocycles. The molecule has 7 heteroatoms.